The van der Waals surface area contributed by atoms with Crippen molar-refractivity contribution in [1.29, 1.82) is 0 Å². The van der Waals surface area contributed by atoms with Crippen LogP contribution in [0.1, 0.15) is 61.5 Å². The number of hydrogen-bond donors (Lipinski definition) is 3. The number of ether oxygens (including phenoxy) is 2. The number of carboxylic acids is 3. The fraction of sp³-hybridized carbons (Fsp3) is 0.448. The molecule has 210 valence electrons. The Hall–Kier alpha value is -3.43. The maximum atomic E-state index is 11.9. The minimum atomic E-state index is -1.19. The maximum Gasteiger partial charge on any atom is 0.303 e. The quantitative estimate of drug-likeness (QED) is 0.312. The monoisotopic (exact) mass is 560 g/mol. The van der Waals surface area contributed by atoms with Crippen molar-refractivity contribution < 1.29 is 44.0 Å². The number of halogens is 1. The normalized spacial score (nSPS) is 22.7. The van der Waals surface area contributed by atoms with E-state index in [1.54, 1.807) is 12.1 Å². The first kappa shape index (κ1) is 30.1. The largest absolute Gasteiger partial charge is 0.481 e. The molecule has 1 aliphatic heterocycles. The Bertz CT molecular complexity index is 1190. The number of esters is 1. The molecule has 9 nitrogen and oxygen atoms in total. The summed E-state index contributed by atoms with van der Waals surface area (Å²) in [6.07, 6.45) is -1.79. The van der Waals surface area contributed by atoms with Gasteiger partial charge in [0.15, 0.2) is 0 Å². The summed E-state index contributed by atoms with van der Waals surface area (Å²) in [7, 11) is 0. The summed E-state index contributed by atoms with van der Waals surface area (Å²) in [5.41, 5.74) is 3.58. The number of carbonyl (C=O) groups excluding carboxylic acids is 1. The first-order chi connectivity index (χ1) is 18.5. The van der Waals surface area contributed by atoms with Crippen molar-refractivity contribution in [3.8, 4) is 0 Å². The number of carbonyl (C=O) groups is 4. The number of aliphatic carboxylic acids is 3. The molecule has 3 rings (SSSR count). The zero-order chi connectivity index (χ0) is 28.7. The Morgan fingerprint density at radius 3 is 1.97 bits per heavy atom. The van der Waals surface area contributed by atoms with Gasteiger partial charge in [-0.3, -0.25) is 19.2 Å². The second-order valence-corrected chi connectivity index (χ2v) is 10.3. The molecule has 3 N–H and O–H groups in total. The molecule has 1 saturated heterocycles. The Kier molecular flexibility index (Phi) is 10.5. The van der Waals surface area contributed by atoms with Crippen LogP contribution in [0.3, 0.4) is 0 Å². The minimum absolute atomic E-state index is 0.288. The van der Waals surface area contributed by atoms with Gasteiger partial charge in [-0.1, -0.05) is 54.9 Å². The highest BCUT2D eigenvalue weighted by atomic mass is 35.5. The summed E-state index contributed by atoms with van der Waals surface area (Å²) < 4.78 is 11.4. The van der Waals surface area contributed by atoms with Crippen LogP contribution in [-0.4, -0.2) is 51.9 Å². The second-order valence-electron chi connectivity index (χ2n) is 9.88. The SMILES string of the molecule is CCc1ccc(Cc2cc([C@H]3O[C@@H](COC(C)=O)[C@H](CC(=O)O)[C@H](CC(=O)O)[C@@H]3CC(=O)O)ccc2Cl)cc1. The summed E-state index contributed by atoms with van der Waals surface area (Å²) in [6.45, 7) is 2.98. The second kappa shape index (κ2) is 13.6. The van der Waals surface area contributed by atoms with Crippen LogP contribution in [0.15, 0.2) is 42.5 Å². The van der Waals surface area contributed by atoms with Crippen LogP contribution in [0, 0.1) is 17.8 Å². The van der Waals surface area contributed by atoms with Crippen LogP contribution in [0.25, 0.3) is 0 Å². The van der Waals surface area contributed by atoms with E-state index in [2.05, 4.69) is 6.92 Å². The third-order valence-electron chi connectivity index (χ3n) is 7.19. The highest BCUT2D eigenvalue weighted by molar-refractivity contribution is 6.31. The molecular formula is C29H33ClO9. The molecule has 39 heavy (non-hydrogen) atoms. The van der Waals surface area contributed by atoms with E-state index in [-0.39, 0.29) is 6.61 Å². The number of benzene rings is 2. The first-order valence-corrected chi connectivity index (χ1v) is 13.2. The summed E-state index contributed by atoms with van der Waals surface area (Å²) >= 11 is 6.52. The lowest BCUT2D eigenvalue weighted by Crippen LogP contribution is -2.48. The van der Waals surface area contributed by atoms with Crippen molar-refractivity contribution in [2.24, 2.45) is 17.8 Å². The molecule has 0 aliphatic carbocycles. The summed E-state index contributed by atoms with van der Waals surface area (Å²) in [4.78, 5) is 47.0. The smallest absolute Gasteiger partial charge is 0.303 e. The third-order valence-corrected chi connectivity index (χ3v) is 7.56. The van der Waals surface area contributed by atoms with Crippen LogP contribution in [0.5, 0.6) is 0 Å². The Balaban J connectivity index is 2.05. The predicted molar refractivity (Wildman–Crippen MR) is 142 cm³/mol. The lowest BCUT2D eigenvalue weighted by molar-refractivity contribution is -0.189. The van der Waals surface area contributed by atoms with Crippen molar-refractivity contribution in [2.75, 3.05) is 6.61 Å². The number of hydrogen-bond acceptors (Lipinski definition) is 6. The molecular weight excluding hydrogens is 528 g/mol. The van der Waals surface area contributed by atoms with Crippen molar-refractivity contribution in [3.63, 3.8) is 0 Å². The van der Waals surface area contributed by atoms with Crippen molar-refractivity contribution in [2.45, 2.75) is 58.2 Å². The number of carboxylic acid groups (broad SMARTS) is 3. The molecule has 0 aromatic heterocycles. The van der Waals surface area contributed by atoms with Crippen LogP contribution < -0.4 is 0 Å². The van der Waals surface area contributed by atoms with Crippen LogP contribution in [-0.2, 0) is 41.5 Å². The molecule has 0 spiro atoms. The van der Waals surface area contributed by atoms with Crippen LogP contribution >= 0.6 is 11.6 Å². The van der Waals surface area contributed by atoms with E-state index in [1.165, 1.54) is 12.5 Å². The predicted octanol–water partition coefficient (Wildman–Crippen LogP) is 4.77. The summed E-state index contributed by atoms with van der Waals surface area (Å²) in [5.74, 6) is -6.75. The van der Waals surface area contributed by atoms with Crippen LogP contribution in [0.4, 0.5) is 0 Å². The fourth-order valence-electron chi connectivity index (χ4n) is 5.36. The van der Waals surface area contributed by atoms with Crippen molar-refractivity contribution in [1.82, 2.24) is 0 Å². The first-order valence-electron chi connectivity index (χ1n) is 12.8. The summed E-state index contributed by atoms with van der Waals surface area (Å²) in [6, 6.07) is 13.3. The van der Waals surface area contributed by atoms with E-state index >= 15 is 0 Å². The topological polar surface area (TPSA) is 147 Å². The van der Waals surface area contributed by atoms with Gasteiger partial charge in [0.2, 0.25) is 0 Å². The van der Waals surface area contributed by atoms with Gasteiger partial charge in [-0.25, -0.2) is 0 Å². The van der Waals surface area contributed by atoms with E-state index in [4.69, 9.17) is 21.1 Å². The van der Waals surface area contributed by atoms with Gasteiger partial charge in [0, 0.05) is 30.2 Å². The minimum Gasteiger partial charge on any atom is -0.481 e. The van der Waals surface area contributed by atoms with Crippen molar-refractivity contribution in [3.05, 3.63) is 69.7 Å². The Morgan fingerprint density at radius 2 is 1.41 bits per heavy atom. The van der Waals surface area contributed by atoms with Crippen LogP contribution in [0.2, 0.25) is 5.02 Å². The Morgan fingerprint density at radius 1 is 0.846 bits per heavy atom. The maximum absolute atomic E-state index is 11.9. The molecule has 0 amide bonds. The van der Waals surface area contributed by atoms with Crippen molar-refractivity contribution >= 4 is 35.5 Å². The van der Waals surface area contributed by atoms with Gasteiger partial charge in [0.05, 0.1) is 25.0 Å². The highest BCUT2D eigenvalue weighted by Gasteiger charge is 2.48. The molecule has 1 fully saturated rings. The molecule has 0 radical (unpaired) electrons. The van der Waals surface area contributed by atoms with Gasteiger partial charge in [-0.15, -0.1) is 0 Å². The number of aryl methyl sites for hydroxylation is 1. The molecule has 2 aromatic carbocycles. The lowest BCUT2D eigenvalue weighted by atomic mass is 9.68. The van der Waals surface area contributed by atoms with E-state index in [1.807, 2.05) is 30.3 Å². The van der Waals surface area contributed by atoms with E-state index in [0.29, 0.717) is 17.0 Å². The van der Waals surface area contributed by atoms with Gasteiger partial charge < -0.3 is 24.8 Å². The molecule has 1 heterocycles. The average Bonchev–Trinajstić information content (AvgIpc) is 2.86. The molecule has 2 aromatic rings. The third kappa shape index (κ3) is 8.28. The molecule has 0 saturated carbocycles. The summed E-state index contributed by atoms with van der Waals surface area (Å²) in [5, 5.41) is 29.5. The zero-order valence-electron chi connectivity index (χ0n) is 21.8. The molecule has 10 heteroatoms. The van der Waals surface area contributed by atoms with Gasteiger partial charge >= 0.3 is 23.9 Å². The molecule has 0 bridgehead atoms. The molecule has 0 unspecified atom stereocenters. The Labute approximate surface area is 231 Å². The fourth-order valence-corrected chi connectivity index (χ4v) is 5.55. The van der Waals surface area contributed by atoms with Gasteiger partial charge in [0.25, 0.3) is 0 Å². The van der Waals surface area contributed by atoms with E-state index in [9.17, 15) is 34.5 Å². The molecule has 1 aliphatic rings. The molecule has 5 atom stereocenters. The standard InChI is InChI=1S/C29H33ClO9/c1-3-17-4-6-18(7-5-17)10-20-11-19(8-9-24(20)30)29-23(14-28(36)37)21(12-26(32)33)22(13-27(34)35)25(39-29)15-38-16(2)31/h4-9,11,21-23,25,29H,3,10,12-15H2,1-2H3,(H,32,33)(H,34,35)(H,36,37)/t21-,22+,23-,25-,29+/m0/s1. The van der Waals surface area contributed by atoms with Gasteiger partial charge in [-0.05, 0) is 47.1 Å². The lowest BCUT2D eigenvalue weighted by Gasteiger charge is -2.46. The van der Waals surface area contributed by atoms with E-state index < -0.39 is 73.1 Å². The zero-order valence-corrected chi connectivity index (χ0v) is 22.6. The number of rotatable bonds is 12. The van der Waals surface area contributed by atoms with Gasteiger partial charge in [0.1, 0.15) is 6.61 Å². The average molecular weight is 561 g/mol. The van der Waals surface area contributed by atoms with E-state index in [0.717, 1.165) is 17.5 Å². The highest BCUT2D eigenvalue weighted by Crippen LogP contribution is 2.48. The van der Waals surface area contributed by atoms with Gasteiger partial charge in [-0.2, -0.15) is 0 Å².